The zero-order valence-electron chi connectivity index (χ0n) is 14.0. The number of methoxy groups -OCH3 is 1. The van der Waals surface area contributed by atoms with E-state index in [1.54, 1.807) is 12.0 Å². The molecular weight excluding hydrogens is 318 g/mol. The van der Waals surface area contributed by atoms with Gasteiger partial charge in [0.05, 0.1) is 26.0 Å². The van der Waals surface area contributed by atoms with Gasteiger partial charge in [-0.25, -0.2) is 4.98 Å². The number of hydrogen-bond donors (Lipinski definition) is 0. The zero-order valence-corrected chi connectivity index (χ0v) is 14.0. The number of pyridine rings is 1. The molecular formula is C19H19N3O3. The van der Waals surface area contributed by atoms with Crippen LogP contribution in [0.2, 0.25) is 0 Å². The molecule has 0 unspecified atom stereocenters. The van der Waals surface area contributed by atoms with Crippen LogP contribution < -0.4 is 4.74 Å². The van der Waals surface area contributed by atoms with Gasteiger partial charge in [-0.3, -0.25) is 9.20 Å². The maximum absolute atomic E-state index is 13.1. The van der Waals surface area contributed by atoms with Crippen LogP contribution in [-0.2, 0) is 4.74 Å². The van der Waals surface area contributed by atoms with Crippen LogP contribution in [0.5, 0.6) is 5.75 Å². The van der Waals surface area contributed by atoms with Gasteiger partial charge in [0.15, 0.2) is 5.69 Å². The van der Waals surface area contributed by atoms with Crippen molar-refractivity contribution in [2.45, 2.75) is 0 Å². The molecule has 3 heterocycles. The van der Waals surface area contributed by atoms with Gasteiger partial charge in [0, 0.05) is 24.8 Å². The molecule has 4 rings (SSSR count). The lowest BCUT2D eigenvalue weighted by molar-refractivity contribution is 0.0300. The van der Waals surface area contributed by atoms with E-state index in [1.807, 2.05) is 53.1 Å². The third-order valence-corrected chi connectivity index (χ3v) is 4.39. The number of fused-ring (bicyclic) bond motifs is 1. The molecule has 1 aromatic carbocycles. The number of nitrogens with zero attached hydrogens (tertiary/aromatic N) is 3. The van der Waals surface area contributed by atoms with Crippen LogP contribution in [0.4, 0.5) is 0 Å². The standard InChI is InChI=1S/C19H19N3O3/c1-24-15-7-5-14(6-8-15)18-17(19(23)21-10-12-25-13-11-21)20-16-4-2-3-9-22(16)18/h2-9H,10-13H2,1H3. The van der Waals surface area contributed by atoms with Crippen molar-refractivity contribution in [3.63, 3.8) is 0 Å². The molecule has 1 saturated heterocycles. The van der Waals surface area contributed by atoms with Crippen molar-refractivity contribution in [2.75, 3.05) is 33.4 Å². The summed E-state index contributed by atoms with van der Waals surface area (Å²) in [5.41, 5.74) is 2.95. The van der Waals surface area contributed by atoms with Crippen molar-refractivity contribution in [3.05, 3.63) is 54.4 Å². The fraction of sp³-hybridized carbons (Fsp3) is 0.263. The van der Waals surface area contributed by atoms with Gasteiger partial charge < -0.3 is 14.4 Å². The summed E-state index contributed by atoms with van der Waals surface area (Å²) in [5.74, 6) is 0.719. The van der Waals surface area contributed by atoms with Gasteiger partial charge >= 0.3 is 0 Å². The molecule has 0 atom stereocenters. The first kappa shape index (κ1) is 15.7. The van der Waals surface area contributed by atoms with Crippen molar-refractivity contribution in [1.29, 1.82) is 0 Å². The molecule has 1 aliphatic rings. The molecule has 1 aliphatic heterocycles. The minimum Gasteiger partial charge on any atom is -0.497 e. The first-order valence-corrected chi connectivity index (χ1v) is 8.26. The molecule has 2 aromatic heterocycles. The number of ether oxygens (including phenoxy) is 2. The van der Waals surface area contributed by atoms with E-state index in [4.69, 9.17) is 9.47 Å². The molecule has 25 heavy (non-hydrogen) atoms. The summed E-state index contributed by atoms with van der Waals surface area (Å²) >= 11 is 0. The summed E-state index contributed by atoms with van der Waals surface area (Å²) in [7, 11) is 1.64. The van der Waals surface area contributed by atoms with Gasteiger partial charge in [-0.05, 0) is 36.4 Å². The molecule has 0 N–H and O–H groups in total. The number of rotatable bonds is 3. The second-order valence-electron chi connectivity index (χ2n) is 5.87. The Morgan fingerprint density at radius 2 is 1.88 bits per heavy atom. The Balaban J connectivity index is 1.84. The van der Waals surface area contributed by atoms with Crippen molar-refractivity contribution >= 4 is 11.6 Å². The average molecular weight is 337 g/mol. The largest absolute Gasteiger partial charge is 0.497 e. The van der Waals surface area contributed by atoms with E-state index in [2.05, 4.69) is 4.98 Å². The second-order valence-corrected chi connectivity index (χ2v) is 5.87. The molecule has 0 spiro atoms. The summed E-state index contributed by atoms with van der Waals surface area (Å²) < 4.78 is 12.5. The third kappa shape index (κ3) is 2.85. The third-order valence-electron chi connectivity index (χ3n) is 4.39. The van der Waals surface area contributed by atoms with Crippen LogP contribution in [0.25, 0.3) is 16.9 Å². The lowest BCUT2D eigenvalue weighted by Gasteiger charge is -2.26. The topological polar surface area (TPSA) is 56.1 Å². The minimum absolute atomic E-state index is 0.0576. The monoisotopic (exact) mass is 337 g/mol. The summed E-state index contributed by atoms with van der Waals surface area (Å²) in [5, 5.41) is 0. The maximum Gasteiger partial charge on any atom is 0.274 e. The van der Waals surface area contributed by atoms with Crippen molar-refractivity contribution in [3.8, 4) is 17.0 Å². The summed E-state index contributed by atoms with van der Waals surface area (Å²) in [6.45, 7) is 2.32. The fourth-order valence-electron chi connectivity index (χ4n) is 3.09. The number of benzene rings is 1. The molecule has 6 nitrogen and oxygen atoms in total. The number of hydrogen-bond acceptors (Lipinski definition) is 4. The molecule has 0 radical (unpaired) electrons. The van der Waals surface area contributed by atoms with Gasteiger partial charge in [0.25, 0.3) is 5.91 Å². The molecule has 0 aliphatic carbocycles. The van der Waals surface area contributed by atoms with Crippen LogP contribution in [0, 0.1) is 0 Å². The Kier molecular flexibility index (Phi) is 4.11. The SMILES string of the molecule is COc1ccc(-c2c(C(=O)N3CCOCC3)nc3ccccn23)cc1. The highest BCUT2D eigenvalue weighted by Gasteiger charge is 2.26. The van der Waals surface area contributed by atoms with E-state index in [0.29, 0.717) is 32.0 Å². The summed E-state index contributed by atoms with van der Waals surface area (Å²) in [6, 6.07) is 13.4. The molecule has 128 valence electrons. The Morgan fingerprint density at radius 3 is 2.60 bits per heavy atom. The fourth-order valence-corrected chi connectivity index (χ4v) is 3.09. The number of morpholine rings is 1. The summed E-state index contributed by atoms with van der Waals surface area (Å²) in [6.07, 6.45) is 1.93. The Morgan fingerprint density at radius 1 is 1.12 bits per heavy atom. The van der Waals surface area contributed by atoms with Crippen molar-refractivity contribution in [1.82, 2.24) is 14.3 Å². The highest BCUT2D eigenvalue weighted by Crippen LogP contribution is 2.28. The second kappa shape index (κ2) is 6.57. The first-order chi connectivity index (χ1) is 12.3. The maximum atomic E-state index is 13.1. The first-order valence-electron chi connectivity index (χ1n) is 8.26. The van der Waals surface area contributed by atoms with Crippen molar-refractivity contribution in [2.24, 2.45) is 0 Å². The normalized spacial score (nSPS) is 14.7. The average Bonchev–Trinajstić information content (AvgIpc) is 3.07. The lowest BCUT2D eigenvalue weighted by Crippen LogP contribution is -2.41. The predicted octanol–water partition coefficient (Wildman–Crippen LogP) is 2.48. The number of carbonyl (C=O) groups excluding carboxylic acids is 1. The number of imidazole rings is 1. The van der Waals surface area contributed by atoms with Gasteiger partial charge in [0.2, 0.25) is 0 Å². The van der Waals surface area contributed by atoms with Gasteiger partial charge in [-0.2, -0.15) is 0 Å². The Labute approximate surface area is 145 Å². The smallest absolute Gasteiger partial charge is 0.274 e. The van der Waals surface area contributed by atoms with Gasteiger partial charge in [-0.15, -0.1) is 0 Å². The van der Waals surface area contributed by atoms with Crippen LogP contribution in [-0.4, -0.2) is 53.6 Å². The Hall–Kier alpha value is -2.86. The van der Waals surface area contributed by atoms with E-state index < -0.39 is 0 Å². The van der Waals surface area contributed by atoms with Crippen LogP contribution in [0.15, 0.2) is 48.7 Å². The van der Waals surface area contributed by atoms with Gasteiger partial charge in [-0.1, -0.05) is 6.07 Å². The predicted molar refractivity (Wildman–Crippen MR) is 93.9 cm³/mol. The molecule has 6 heteroatoms. The Bertz CT molecular complexity index is 896. The molecule has 1 amide bonds. The van der Waals surface area contributed by atoms with Gasteiger partial charge in [0.1, 0.15) is 11.4 Å². The molecule has 0 saturated carbocycles. The van der Waals surface area contributed by atoms with E-state index in [0.717, 1.165) is 22.7 Å². The number of carbonyl (C=O) groups is 1. The number of amides is 1. The van der Waals surface area contributed by atoms with E-state index in [-0.39, 0.29) is 5.91 Å². The van der Waals surface area contributed by atoms with Crippen molar-refractivity contribution < 1.29 is 14.3 Å². The highest BCUT2D eigenvalue weighted by molar-refractivity contribution is 5.99. The highest BCUT2D eigenvalue weighted by atomic mass is 16.5. The van der Waals surface area contributed by atoms with E-state index >= 15 is 0 Å². The van der Waals surface area contributed by atoms with Crippen LogP contribution in [0.3, 0.4) is 0 Å². The van der Waals surface area contributed by atoms with E-state index in [9.17, 15) is 4.79 Å². The van der Waals surface area contributed by atoms with Crippen LogP contribution >= 0.6 is 0 Å². The van der Waals surface area contributed by atoms with Crippen LogP contribution in [0.1, 0.15) is 10.5 Å². The molecule has 0 bridgehead atoms. The zero-order chi connectivity index (χ0) is 17.2. The van der Waals surface area contributed by atoms with E-state index in [1.165, 1.54) is 0 Å². The number of aromatic nitrogens is 2. The molecule has 1 fully saturated rings. The minimum atomic E-state index is -0.0576. The summed E-state index contributed by atoms with van der Waals surface area (Å²) in [4.78, 5) is 19.5. The lowest BCUT2D eigenvalue weighted by atomic mass is 10.1. The quantitative estimate of drug-likeness (QED) is 0.737. The molecule has 3 aromatic rings.